The van der Waals surface area contributed by atoms with Crippen LogP contribution in [-0.4, -0.2) is 18.6 Å². The number of pyridine rings is 1. The zero-order chi connectivity index (χ0) is 13.0. The Hall–Kier alpha value is -2.03. The maximum atomic E-state index is 5.93. The zero-order valence-electron chi connectivity index (χ0n) is 10.9. The number of nitrogens with zero attached hydrogens (tertiary/aromatic N) is 2. The summed E-state index contributed by atoms with van der Waals surface area (Å²) in [6, 6.07) is 12.0. The number of aromatic nitrogens is 1. The Morgan fingerprint density at radius 2 is 2.00 bits per heavy atom. The van der Waals surface area contributed by atoms with Crippen LogP contribution in [0.25, 0.3) is 0 Å². The van der Waals surface area contributed by atoms with Gasteiger partial charge in [0.1, 0.15) is 0 Å². The average molecular weight is 241 g/mol. The van der Waals surface area contributed by atoms with E-state index >= 15 is 0 Å². The molecule has 0 saturated heterocycles. The number of nitrogen functional groups attached to an aromatic ring is 1. The number of hydrogen-bond donors (Lipinski definition) is 1. The van der Waals surface area contributed by atoms with Gasteiger partial charge in [0.2, 0.25) is 0 Å². The fourth-order valence-electron chi connectivity index (χ4n) is 2.00. The molecule has 0 unspecified atom stereocenters. The van der Waals surface area contributed by atoms with Crippen molar-refractivity contribution in [3.63, 3.8) is 0 Å². The maximum Gasteiger partial charge on any atom is 0.0421 e. The quantitative estimate of drug-likeness (QED) is 0.837. The Bertz CT molecular complexity index is 508. The van der Waals surface area contributed by atoms with Crippen molar-refractivity contribution < 1.29 is 0 Å². The van der Waals surface area contributed by atoms with Gasteiger partial charge >= 0.3 is 0 Å². The first kappa shape index (κ1) is 12.4. The molecule has 0 atom stereocenters. The van der Waals surface area contributed by atoms with Crippen molar-refractivity contribution in [2.75, 3.05) is 24.2 Å². The van der Waals surface area contributed by atoms with Gasteiger partial charge in [0.05, 0.1) is 0 Å². The Morgan fingerprint density at radius 3 is 2.72 bits per heavy atom. The van der Waals surface area contributed by atoms with Gasteiger partial charge in [-0.25, -0.2) is 0 Å². The summed E-state index contributed by atoms with van der Waals surface area (Å²) in [6.07, 6.45) is 2.77. The minimum atomic E-state index is 0.845. The molecular weight excluding hydrogens is 222 g/mol. The van der Waals surface area contributed by atoms with E-state index in [1.165, 1.54) is 5.69 Å². The molecule has 3 heteroatoms. The maximum absolute atomic E-state index is 5.93. The SMILES string of the molecule is Cc1c(N)cccc1N(C)CCc1ccccn1. The van der Waals surface area contributed by atoms with Crippen LogP contribution in [0.3, 0.4) is 0 Å². The van der Waals surface area contributed by atoms with Gasteiger partial charge in [-0.3, -0.25) is 4.98 Å². The molecule has 3 nitrogen and oxygen atoms in total. The van der Waals surface area contributed by atoms with Crippen LogP contribution in [0.2, 0.25) is 0 Å². The topological polar surface area (TPSA) is 42.1 Å². The van der Waals surface area contributed by atoms with Gasteiger partial charge in [-0.05, 0) is 36.8 Å². The van der Waals surface area contributed by atoms with Crippen LogP contribution in [0.15, 0.2) is 42.6 Å². The van der Waals surface area contributed by atoms with E-state index in [4.69, 9.17) is 5.73 Å². The number of anilines is 2. The summed E-state index contributed by atoms with van der Waals surface area (Å²) in [5.74, 6) is 0. The molecule has 2 aromatic rings. The molecule has 0 aliphatic carbocycles. The van der Waals surface area contributed by atoms with Crippen molar-refractivity contribution in [3.05, 3.63) is 53.9 Å². The largest absolute Gasteiger partial charge is 0.398 e. The Morgan fingerprint density at radius 1 is 1.17 bits per heavy atom. The predicted octanol–water partition coefficient (Wildman–Crippen LogP) is 2.65. The monoisotopic (exact) mass is 241 g/mol. The van der Waals surface area contributed by atoms with Crippen molar-refractivity contribution >= 4 is 11.4 Å². The first-order valence-corrected chi connectivity index (χ1v) is 6.14. The molecule has 1 aromatic heterocycles. The second kappa shape index (κ2) is 5.54. The Labute approximate surface area is 108 Å². The van der Waals surface area contributed by atoms with E-state index in [1.807, 2.05) is 30.5 Å². The molecule has 0 fully saturated rings. The second-order valence-electron chi connectivity index (χ2n) is 4.48. The van der Waals surface area contributed by atoms with Gasteiger partial charge in [0, 0.05) is 43.3 Å². The van der Waals surface area contributed by atoms with Crippen LogP contribution >= 0.6 is 0 Å². The molecule has 2 N–H and O–H groups in total. The van der Waals surface area contributed by atoms with Crippen LogP contribution < -0.4 is 10.6 Å². The van der Waals surface area contributed by atoms with Crippen molar-refractivity contribution in [1.82, 2.24) is 4.98 Å². The molecule has 0 amide bonds. The molecule has 0 radical (unpaired) electrons. The predicted molar refractivity (Wildman–Crippen MR) is 76.8 cm³/mol. The lowest BCUT2D eigenvalue weighted by atomic mass is 10.1. The van der Waals surface area contributed by atoms with Crippen LogP contribution in [0.5, 0.6) is 0 Å². The Balaban J connectivity index is 2.04. The van der Waals surface area contributed by atoms with Gasteiger partial charge in [0.15, 0.2) is 0 Å². The van der Waals surface area contributed by atoms with Gasteiger partial charge < -0.3 is 10.6 Å². The van der Waals surface area contributed by atoms with Gasteiger partial charge in [-0.15, -0.1) is 0 Å². The van der Waals surface area contributed by atoms with E-state index in [-0.39, 0.29) is 0 Å². The van der Waals surface area contributed by atoms with Gasteiger partial charge in [-0.2, -0.15) is 0 Å². The summed E-state index contributed by atoms with van der Waals surface area (Å²) in [5.41, 5.74) is 10.2. The van der Waals surface area contributed by atoms with Crippen molar-refractivity contribution in [2.45, 2.75) is 13.3 Å². The van der Waals surface area contributed by atoms with Crippen molar-refractivity contribution in [3.8, 4) is 0 Å². The lowest BCUT2D eigenvalue weighted by molar-refractivity contribution is 0.850. The number of likely N-dealkylation sites (N-methyl/N-ethyl adjacent to an activating group) is 1. The summed E-state index contributed by atoms with van der Waals surface area (Å²) >= 11 is 0. The number of hydrogen-bond acceptors (Lipinski definition) is 3. The molecule has 18 heavy (non-hydrogen) atoms. The van der Waals surface area contributed by atoms with Gasteiger partial charge in [-0.1, -0.05) is 12.1 Å². The normalized spacial score (nSPS) is 10.3. The van der Waals surface area contributed by atoms with E-state index in [1.54, 1.807) is 0 Å². The lowest BCUT2D eigenvalue weighted by Gasteiger charge is -2.22. The third-order valence-electron chi connectivity index (χ3n) is 3.19. The van der Waals surface area contributed by atoms with E-state index in [2.05, 4.69) is 36.0 Å². The van der Waals surface area contributed by atoms with Crippen molar-refractivity contribution in [1.29, 1.82) is 0 Å². The van der Waals surface area contributed by atoms with E-state index in [9.17, 15) is 0 Å². The van der Waals surface area contributed by atoms with E-state index < -0.39 is 0 Å². The molecule has 94 valence electrons. The molecule has 0 aliphatic heterocycles. The molecule has 0 aliphatic rings. The van der Waals surface area contributed by atoms with Crippen LogP contribution in [-0.2, 0) is 6.42 Å². The molecule has 1 heterocycles. The summed E-state index contributed by atoms with van der Waals surface area (Å²) < 4.78 is 0. The minimum Gasteiger partial charge on any atom is -0.398 e. The van der Waals surface area contributed by atoms with Crippen molar-refractivity contribution in [2.24, 2.45) is 0 Å². The van der Waals surface area contributed by atoms with Crippen LogP contribution in [0.1, 0.15) is 11.3 Å². The first-order chi connectivity index (χ1) is 8.68. The van der Waals surface area contributed by atoms with Crippen LogP contribution in [0.4, 0.5) is 11.4 Å². The average Bonchev–Trinajstić information content (AvgIpc) is 2.40. The zero-order valence-corrected chi connectivity index (χ0v) is 10.9. The highest BCUT2D eigenvalue weighted by atomic mass is 15.1. The first-order valence-electron chi connectivity index (χ1n) is 6.14. The fourth-order valence-corrected chi connectivity index (χ4v) is 2.00. The highest BCUT2D eigenvalue weighted by Gasteiger charge is 2.06. The van der Waals surface area contributed by atoms with Crippen LogP contribution in [0, 0.1) is 6.92 Å². The molecule has 0 saturated carbocycles. The molecule has 1 aromatic carbocycles. The summed E-state index contributed by atoms with van der Waals surface area (Å²) in [6.45, 7) is 2.99. The van der Waals surface area contributed by atoms with E-state index in [0.29, 0.717) is 0 Å². The minimum absolute atomic E-state index is 0.845. The Kier molecular flexibility index (Phi) is 3.82. The lowest BCUT2D eigenvalue weighted by Crippen LogP contribution is -2.21. The number of nitrogens with two attached hydrogens (primary N) is 1. The molecular formula is C15H19N3. The summed E-state index contributed by atoms with van der Waals surface area (Å²) in [5, 5.41) is 0. The third-order valence-corrected chi connectivity index (χ3v) is 3.19. The fraction of sp³-hybridized carbons (Fsp3) is 0.267. The molecule has 0 spiro atoms. The molecule has 2 rings (SSSR count). The highest BCUT2D eigenvalue weighted by molar-refractivity contribution is 5.63. The van der Waals surface area contributed by atoms with Gasteiger partial charge in [0.25, 0.3) is 0 Å². The second-order valence-corrected chi connectivity index (χ2v) is 4.48. The smallest absolute Gasteiger partial charge is 0.0421 e. The number of rotatable bonds is 4. The number of benzene rings is 1. The highest BCUT2D eigenvalue weighted by Crippen LogP contribution is 2.23. The van der Waals surface area contributed by atoms with E-state index in [0.717, 1.165) is 29.9 Å². The molecule has 0 bridgehead atoms. The standard InChI is InChI=1S/C15H19N3/c1-12-14(16)7-5-8-15(12)18(2)11-9-13-6-3-4-10-17-13/h3-8,10H,9,11,16H2,1-2H3. The summed E-state index contributed by atoms with van der Waals surface area (Å²) in [7, 11) is 2.09. The summed E-state index contributed by atoms with van der Waals surface area (Å²) in [4.78, 5) is 6.56. The third kappa shape index (κ3) is 2.80.